The van der Waals surface area contributed by atoms with E-state index in [-0.39, 0.29) is 0 Å². The van der Waals surface area contributed by atoms with E-state index in [1.807, 2.05) is 18.4 Å². The second-order valence-corrected chi connectivity index (χ2v) is 6.08. The Labute approximate surface area is 108 Å². The fraction of sp³-hybridized carbons (Fsp3) is 0.714. The van der Waals surface area contributed by atoms with Crippen LogP contribution in [0.1, 0.15) is 42.4 Å². The second kappa shape index (κ2) is 6.53. The minimum absolute atomic E-state index is 0.468. The molecule has 1 heterocycles. The van der Waals surface area contributed by atoms with E-state index in [4.69, 9.17) is 4.74 Å². The summed E-state index contributed by atoms with van der Waals surface area (Å²) in [4.78, 5) is 2.95. The van der Waals surface area contributed by atoms with Gasteiger partial charge in [0, 0.05) is 29.5 Å². The Balaban J connectivity index is 1.77. The molecule has 2 nitrogen and oxygen atoms in total. The van der Waals surface area contributed by atoms with Crippen LogP contribution in [0.4, 0.5) is 0 Å². The average molecular weight is 253 g/mol. The number of methoxy groups -OCH3 is 1. The van der Waals surface area contributed by atoms with Crippen LogP contribution in [0.15, 0.2) is 12.1 Å². The Morgan fingerprint density at radius 1 is 1.35 bits per heavy atom. The summed E-state index contributed by atoms with van der Waals surface area (Å²) in [5.74, 6) is 0. The number of rotatable bonds is 5. The van der Waals surface area contributed by atoms with Gasteiger partial charge in [0.15, 0.2) is 0 Å². The molecule has 3 heteroatoms. The summed E-state index contributed by atoms with van der Waals surface area (Å²) in [6, 6.07) is 5.15. The van der Waals surface area contributed by atoms with E-state index in [1.165, 1.54) is 35.4 Å². The van der Waals surface area contributed by atoms with Crippen LogP contribution < -0.4 is 5.32 Å². The van der Waals surface area contributed by atoms with Crippen LogP contribution in [0, 0.1) is 0 Å². The first-order chi connectivity index (χ1) is 8.31. The maximum atomic E-state index is 5.46. The molecule has 1 fully saturated rings. The third-order valence-electron chi connectivity index (χ3n) is 3.59. The van der Waals surface area contributed by atoms with Gasteiger partial charge in [0.2, 0.25) is 0 Å². The van der Waals surface area contributed by atoms with Gasteiger partial charge in [0.1, 0.15) is 0 Å². The largest absolute Gasteiger partial charge is 0.381 e. The zero-order valence-electron chi connectivity index (χ0n) is 10.9. The zero-order chi connectivity index (χ0) is 12.1. The Kier molecular flexibility index (Phi) is 5.01. The molecule has 1 aromatic rings. The molecule has 2 rings (SSSR count). The monoisotopic (exact) mass is 253 g/mol. The van der Waals surface area contributed by atoms with E-state index < -0.39 is 0 Å². The SMILES string of the molecule is CCc1ccc(CNC2CCCC(OC)C2)s1. The Morgan fingerprint density at radius 2 is 2.18 bits per heavy atom. The molecule has 1 aromatic heterocycles. The van der Waals surface area contributed by atoms with Crippen molar-refractivity contribution in [3.63, 3.8) is 0 Å². The summed E-state index contributed by atoms with van der Waals surface area (Å²) in [7, 11) is 1.83. The first kappa shape index (κ1) is 13.1. The zero-order valence-corrected chi connectivity index (χ0v) is 11.7. The Bertz CT molecular complexity index is 337. The number of hydrogen-bond donors (Lipinski definition) is 1. The highest BCUT2D eigenvalue weighted by atomic mass is 32.1. The first-order valence-corrected chi connectivity index (χ1v) is 7.47. The van der Waals surface area contributed by atoms with Gasteiger partial charge in [-0.2, -0.15) is 0 Å². The van der Waals surface area contributed by atoms with Crippen LogP contribution in [-0.2, 0) is 17.7 Å². The molecular formula is C14H23NOS. The summed E-state index contributed by atoms with van der Waals surface area (Å²) in [5.41, 5.74) is 0. The molecule has 0 bridgehead atoms. The van der Waals surface area contributed by atoms with Gasteiger partial charge in [-0.15, -0.1) is 11.3 Å². The molecule has 1 aliphatic rings. The van der Waals surface area contributed by atoms with Gasteiger partial charge in [-0.05, 0) is 44.2 Å². The standard InChI is InChI=1S/C14H23NOS/c1-3-13-7-8-14(17-13)10-15-11-5-4-6-12(9-11)16-2/h7-8,11-12,15H,3-6,9-10H2,1-2H3. The van der Waals surface area contributed by atoms with Gasteiger partial charge >= 0.3 is 0 Å². The summed E-state index contributed by atoms with van der Waals surface area (Å²) >= 11 is 1.93. The van der Waals surface area contributed by atoms with Gasteiger partial charge in [0.05, 0.1) is 6.10 Å². The first-order valence-electron chi connectivity index (χ1n) is 6.65. The molecule has 0 spiro atoms. The molecule has 2 unspecified atom stereocenters. The van der Waals surface area contributed by atoms with Crippen LogP contribution in [-0.4, -0.2) is 19.3 Å². The predicted molar refractivity (Wildman–Crippen MR) is 73.6 cm³/mol. The fourth-order valence-electron chi connectivity index (χ4n) is 2.50. The average Bonchev–Trinajstić information content (AvgIpc) is 2.84. The van der Waals surface area contributed by atoms with Crippen LogP contribution in [0.5, 0.6) is 0 Å². The lowest BCUT2D eigenvalue weighted by Gasteiger charge is -2.28. The molecule has 96 valence electrons. The topological polar surface area (TPSA) is 21.3 Å². The summed E-state index contributed by atoms with van der Waals surface area (Å²) in [5, 5.41) is 3.67. The van der Waals surface area contributed by atoms with E-state index in [0.717, 1.165) is 13.0 Å². The molecular weight excluding hydrogens is 230 g/mol. The molecule has 0 radical (unpaired) electrons. The third kappa shape index (κ3) is 3.80. The summed E-state index contributed by atoms with van der Waals surface area (Å²) < 4.78 is 5.46. The summed E-state index contributed by atoms with van der Waals surface area (Å²) in [6.45, 7) is 3.24. The number of nitrogens with one attached hydrogen (secondary N) is 1. The van der Waals surface area contributed by atoms with Crippen molar-refractivity contribution in [2.45, 2.75) is 57.7 Å². The maximum absolute atomic E-state index is 5.46. The van der Waals surface area contributed by atoms with E-state index in [0.29, 0.717) is 12.1 Å². The van der Waals surface area contributed by atoms with Crippen molar-refractivity contribution < 1.29 is 4.74 Å². The Morgan fingerprint density at radius 3 is 2.88 bits per heavy atom. The van der Waals surface area contributed by atoms with Crippen LogP contribution in [0.2, 0.25) is 0 Å². The quantitative estimate of drug-likeness (QED) is 0.869. The van der Waals surface area contributed by atoms with Gasteiger partial charge in [-0.3, -0.25) is 0 Å². The van der Waals surface area contributed by atoms with E-state index in [2.05, 4.69) is 24.4 Å². The maximum Gasteiger partial charge on any atom is 0.0586 e. The lowest BCUT2D eigenvalue weighted by molar-refractivity contribution is 0.0586. The van der Waals surface area contributed by atoms with Crippen molar-refractivity contribution in [3.05, 3.63) is 21.9 Å². The fourth-order valence-corrected chi connectivity index (χ4v) is 3.41. The molecule has 0 aliphatic heterocycles. The Hall–Kier alpha value is -0.380. The van der Waals surface area contributed by atoms with Gasteiger partial charge in [0.25, 0.3) is 0 Å². The van der Waals surface area contributed by atoms with Gasteiger partial charge < -0.3 is 10.1 Å². The highest BCUT2D eigenvalue weighted by Gasteiger charge is 2.21. The molecule has 17 heavy (non-hydrogen) atoms. The van der Waals surface area contributed by atoms with Crippen LogP contribution in [0.25, 0.3) is 0 Å². The molecule has 1 N–H and O–H groups in total. The minimum Gasteiger partial charge on any atom is -0.381 e. The van der Waals surface area contributed by atoms with Gasteiger partial charge in [-0.1, -0.05) is 6.92 Å². The smallest absolute Gasteiger partial charge is 0.0586 e. The van der Waals surface area contributed by atoms with E-state index in [1.54, 1.807) is 0 Å². The lowest BCUT2D eigenvalue weighted by atomic mass is 9.93. The second-order valence-electron chi connectivity index (χ2n) is 4.82. The highest BCUT2D eigenvalue weighted by molar-refractivity contribution is 7.11. The van der Waals surface area contributed by atoms with E-state index in [9.17, 15) is 0 Å². The van der Waals surface area contributed by atoms with Crippen molar-refractivity contribution >= 4 is 11.3 Å². The summed E-state index contributed by atoms with van der Waals surface area (Å²) in [6.07, 6.45) is 6.61. The molecule has 0 saturated heterocycles. The van der Waals surface area contributed by atoms with Crippen LogP contribution in [0.3, 0.4) is 0 Å². The van der Waals surface area contributed by atoms with E-state index >= 15 is 0 Å². The number of aryl methyl sites for hydroxylation is 1. The number of thiophene rings is 1. The molecule has 1 saturated carbocycles. The van der Waals surface area contributed by atoms with Crippen LogP contribution >= 0.6 is 11.3 Å². The van der Waals surface area contributed by atoms with Gasteiger partial charge in [-0.25, -0.2) is 0 Å². The molecule has 1 aliphatic carbocycles. The normalized spacial score (nSPS) is 25.1. The van der Waals surface area contributed by atoms with Crippen molar-refractivity contribution in [3.8, 4) is 0 Å². The lowest BCUT2D eigenvalue weighted by Crippen LogP contribution is -2.36. The van der Waals surface area contributed by atoms with Crippen molar-refractivity contribution in [2.24, 2.45) is 0 Å². The minimum atomic E-state index is 0.468. The predicted octanol–water partition coefficient (Wildman–Crippen LogP) is 3.36. The number of ether oxygens (including phenoxy) is 1. The van der Waals surface area contributed by atoms with Crippen molar-refractivity contribution in [1.82, 2.24) is 5.32 Å². The number of hydrogen-bond acceptors (Lipinski definition) is 3. The molecule has 0 aromatic carbocycles. The van der Waals surface area contributed by atoms with Crippen molar-refractivity contribution in [2.75, 3.05) is 7.11 Å². The molecule has 2 atom stereocenters. The third-order valence-corrected chi connectivity index (χ3v) is 4.82. The molecule has 0 amide bonds. The van der Waals surface area contributed by atoms with Crippen molar-refractivity contribution in [1.29, 1.82) is 0 Å². The highest BCUT2D eigenvalue weighted by Crippen LogP contribution is 2.22.